The monoisotopic (exact) mass is 575 g/mol. The number of benzene rings is 1. The van der Waals surface area contributed by atoms with E-state index in [1.54, 1.807) is 0 Å². The van der Waals surface area contributed by atoms with Gasteiger partial charge < -0.3 is 14.2 Å². The van der Waals surface area contributed by atoms with Gasteiger partial charge in [0.2, 0.25) is 5.75 Å². The second-order valence-corrected chi connectivity index (χ2v) is 12.2. The molecule has 1 aromatic carbocycles. The van der Waals surface area contributed by atoms with Crippen LogP contribution in [0.4, 0.5) is 0 Å². The van der Waals surface area contributed by atoms with E-state index >= 15 is 0 Å². The summed E-state index contributed by atoms with van der Waals surface area (Å²) in [7, 11) is 0. The summed E-state index contributed by atoms with van der Waals surface area (Å²) < 4.78 is 19.2. The molecule has 0 atom stereocenters. The first-order chi connectivity index (χ1) is 20.3. The lowest BCUT2D eigenvalue weighted by Gasteiger charge is -2.19. The molecule has 0 spiro atoms. The average molecular weight is 575 g/mol. The van der Waals surface area contributed by atoms with Gasteiger partial charge in [-0.2, -0.15) is 0 Å². The van der Waals surface area contributed by atoms with Crippen LogP contribution in [0.15, 0.2) is 12.1 Å². The van der Waals surface area contributed by atoms with Gasteiger partial charge in [0.25, 0.3) is 0 Å². The Morgan fingerprint density at radius 2 is 0.659 bits per heavy atom. The third-order valence-electron chi connectivity index (χ3n) is 8.24. The highest BCUT2D eigenvalue weighted by molar-refractivity contribution is 5.54. The van der Waals surface area contributed by atoms with Crippen LogP contribution in [-0.2, 0) is 6.42 Å². The van der Waals surface area contributed by atoms with Crippen molar-refractivity contribution >= 4 is 0 Å². The maximum Gasteiger partial charge on any atom is 0.203 e. The van der Waals surface area contributed by atoms with E-state index in [4.69, 9.17) is 14.2 Å². The van der Waals surface area contributed by atoms with Crippen molar-refractivity contribution in [2.24, 2.45) is 0 Å². The zero-order valence-corrected chi connectivity index (χ0v) is 28.2. The first-order valence-corrected chi connectivity index (χ1v) is 18.3. The van der Waals surface area contributed by atoms with Gasteiger partial charge in [0, 0.05) is 0 Å². The first-order valence-electron chi connectivity index (χ1n) is 18.3. The quantitative estimate of drug-likeness (QED) is 0.0825. The van der Waals surface area contributed by atoms with E-state index in [0.29, 0.717) is 0 Å². The van der Waals surface area contributed by atoms with Crippen LogP contribution in [0.5, 0.6) is 17.2 Å². The number of aryl methyl sites for hydroxylation is 1. The van der Waals surface area contributed by atoms with Gasteiger partial charge in [0.05, 0.1) is 19.8 Å². The van der Waals surface area contributed by atoms with Crippen molar-refractivity contribution in [3.8, 4) is 17.2 Å². The van der Waals surface area contributed by atoms with Crippen LogP contribution in [0, 0.1) is 0 Å². The van der Waals surface area contributed by atoms with Crippen LogP contribution in [0.3, 0.4) is 0 Å². The van der Waals surface area contributed by atoms with Crippen LogP contribution in [-0.4, -0.2) is 19.8 Å². The molecule has 0 N–H and O–H groups in total. The van der Waals surface area contributed by atoms with Gasteiger partial charge >= 0.3 is 0 Å². The van der Waals surface area contributed by atoms with Crippen molar-refractivity contribution in [1.82, 2.24) is 0 Å². The Labute approximate surface area is 256 Å². The fraction of sp³-hybridized carbons (Fsp3) is 0.842. The highest BCUT2D eigenvalue weighted by atomic mass is 16.5. The van der Waals surface area contributed by atoms with Crippen LogP contribution >= 0.6 is 0 Å². The Hall–Kier alpha value is -1.38. The van der Waals surface area contributed by atoms with Crippen molar-refractivity contribution < 1.29 is 14.2 Å². The smallest absolute Gasteiger partial charge is 0.203 e. The lowest BCUT2D eigenvalue weighted by Crippen LogP contribution is -2.07. The Bertz CT molecular complexity index is 643. The zero-order chi connectivity index (χ0) is 29.6. The van der Waals surface area contributed by atoms with Gasteiger partial charge in [-0.15, -0.1) is 0 Å². The SMILES string of the molecule is CCCCCCCCCCOc1cc(CC)cc(OCCCCCCCCCC)c1OCCCCCCCCCC. The normalized spacial score (nSPS) is 11.2. The van der Waals surface area contributed by atoms with E-state index in [2.05, 4.69) is 39.8 Å². The summed E-state index contributed by atoms with van der Waals surface area (Å²) in [6.45, 7) is 11.3. The van der Waals surface area contributed by atoms with E-state index in [9.17, 15) is 0 Å². The molecule has 0 fully saturated rings. The molecule has 240 valence electrons. The van der Waals surface area contributed by atoms with Gasteiger partial charge in [-0.1, -0.05) is 163 Å². The maximum absolute atomic E-state index is 6.43. The predicted octanol–water partition coefficient (Wildman–Crippen LogP) is 12.8. The molecule has 0 aromatic heterocycles. The fourth-order valence-corrected chi connectivity index (χ4v) is 5.44. The molecule has 1 aromatic rings. The molecule has 0 unspecified atom stereocenters. The molecule has 0 aliphatic rings. The van der Waals surface area contributed by atoms with Crippen molar-refractivity contribution in [2.45, 2.75) is 188 Å². The molecule has 0 saturated heterocycles. The molecular weight excluding hydrogens is 504 g/mol. The molecule has 1 rings (SSSR count). The first kappa shape index (κ1) is 37.6. The lowest BCUT2D eigenvalue weighted by atomic mass is 10.1. The van der Waals surface area contributed by atoms with Crippen molar-refractivity contribution in [1.29, 1.82) is 0 Å². The minimum absolute atomic E-state index is 0.739. The minimum atomic E-state index is 0.739. The molecule has 0 aliphatic carbocycles. The van der Waals surface area contributed by atoms with E-state index < -0.39 is 0 Å². The van der Waals surface area contributed by atoms with Gasteiger partial charge in [-0.3, -0.25) is 0 Å². The van der Waals surface area contributed by atoms with Crippen LogP contribution in [0.25, 0.3) is 0 Å². The molecular formula is C38H70O3. The van der Waals surface area contributed by atoms with Gasteiger partial charge in [-0.05, 0) is 43.4 Å². The molecule has 3 nitrogen and oxygen atoms in total. The third kappa shape index (κ3) is 21.0. The summed E-state index contributed by atoms with van der Waals surface area (Å²) in [5.74, 6) is 2.61. The van der Waals surface area contributed by atoms with E-state index in [1.807, 2.05) is 0 Å². The second kappa shape index (κ2) is 28.7. The van der Waals surface area contributed by atoms with Crippen LogP contribution in [0.2, 0.25) is 0 Å². The highest BCUT2D eigenvalue weighted by Crippen LogP contribution is 2.40. The number of hydrogen-bond acceptors (Lipinski definition) is 3. The maximum atomic E-state index is 6.43. The zero-order valence-electron chi connectivity index (χ0n) is 28.2. The van der Waals surface area contributed by atoms with Gasteiger partial charge in [0.1, 0.15) is 0 Å². The molecule has 3 heteroatoms. The Morgan fingerprint density at radius 3 is 0.976 bits per heavy atom. The molecule has 0 radical (unpaired) electrons. The van der Waals surface area contributed by atoms with Crippen LogP contribution < -0.4 is 14.2 Å². The fourth-order valence-electron chi connectivity index (χ4n) is 5.44. The molecule has 0 bridgehead atoms. The Balaban J connectivity index is 2.60. The predicted molar refractivity (Wildman–Crippen MR) is 180 cm³/mol. The van der Waals surface area contributed by atoms with Gasteiger partial charge in [-0.25, -0.2) is 0 Å². The lowest BCUT2D eigenvalue weighted by molar-refractivity contribution is 0.234. The average Bonchev–Trinajstić information content (AvgIpc) is 2.99. The van der Waals surface area contributed by atoms with Crippen molar-refractivity contribution in [3.05, 3.63) is 17.7 Å². The molecule has 0 heterocycles. The second-order valence-electron chi connectivity index (χ2n) is 12.2. The summed E-state index contributed by atoms with van der Waals surface area (Å²) in [5.41, 5.74) is 1.27. The summed E-state index contributed by atoms with van der Waals surface area (Å²) in [6.07, 6.45) is 32.4. The largest absolute Gasteiger partial charge is 0.490 e. The Morgan fingerprint density at radius 1 is 0.366 bits per heavy atom. The van der Waals surface area contributed by atoms with Crippen molar-refractivity contribution in [2.75, 3.05) is 19.8 Å². The summed E-state index contributed by atoms with van der Waals surface area (Å²) in [5, 5.41) is 0. The van der Waals surface area contributed by atoms with E-state index in [-0.39, 0.29) is 0 Å². The van der Waals surface area contributed by atoms with Gasteiger partial charge in [0.15, 0.2) is 11.5 Å². The Kier molecular flexibility index (Phi) is 26.4. The van der Waals surface area contributed by atoms with E-state index in [1.165, 1.54) is 140 Å². The number of hydrogen-bond donors (Lipinski definition) is 0. The number of rotatable bonds is 31. The number of ether oxygens (including phenoxy) is 3. The van der Waals surface area contributed by atoms with Crippen LogP contribution in [0.1, 0.15) is 187 Å². The standard InChI is InChI=1S/C38H70O3/c1-5-9-12-15-18-21-24-27-30-39-36-33-35(8-4)34-37(40-31-28-25-22-19-16-13-10-6-2)38(36)41-32-29-26-23-20-17-14-11-7-3/h33-34H,5-32H2,1-4H3. The van der Waals surface area contributed by atoms with E-state index in [0.717, 1.165) is 62.8 Å². The molecule has 41 heavy (non-hydrogen) atoms. The number of unbranched alkanes of at least 4 members (excludes halogenated alkanes) is 21. The molecule has 0 aliphatic heterocycles. The summed E-state index contributed by atoms with van der Waals surface area (Å²) in [6, 6.07) is 4.38. The molecule has 0 saturated carbocycles. The molecule has 0 amide bonds. The highest BCUT2D eigenvalue weighted by Gasteiger charge is 2.15. The van der Waals surface area contributed by atoms with Crippen molar-refractivity contribution in [3.63, 3.8) is 0 Å². The minimum Gasteiger partial charge on any atom is -0.490 e. The summed E-state index contributed by atoms with van der Waals surface area (Å²) >= 11 is 0. The third-order valence-corrected chi connectivity index (χ3v) is 8.24. The summed E-state index contributed by atoms with van der Waals surface area (Å²) in [4.78, 5) is 0. The topological polar surface area (TPSA) is 27.7 Å².